The summed E-state index contributed by atoms with van der Waals surface area (Å²) in [5, 5.41) is 2.89. The molecule has 1 N–H and O–H groups in total. The first-order valence-electron chi connectivity index (χ1n) is 11.2. The van der Waals surface area contributed by atoms with Crippen molar-refractivity contribution in [2.75, 3.05) is 43.0 Å². The predicted octanol–water partition coefficient (Wildman–Crippen LogP) is 3.57. The zero-order chi connectivity index (χ0) is 22.9. The number of hydrogen-bond acceptors (Lipinski definition) is 5. The minimum atomic E-state index is -0.139. The number of esters is 1. The second kappa shape index (κ2) is 11.4. The van der Waals surface area contributed by atoms with Gasteiger partial charge in [0.2, 0.25) is 5.91 Å². The van der Waals surface area contributed by atoms with Crippen molar-refractivity contribution in [3.05, 3.63) is 60.2 Å². The number of nitrogens with one attached hydrogen (secondary N) is 1. The lowest BCUT2D eigenvalue weighted by atomic mass is 9.97. The van der Waals surface area contributed by atoms with Crippen LogP contribution < -0.4 is 10.2 Å². The normalized spacial score (nSPS) is 14.6. The Bertz CT molecular complexity index is 907. The molecule has 1 fully saturated rings. The van der Waals surface area contributed by atoms with Gasteiger partial charge in [-0.2, -0.15) is 0 Å². The van der Waals surface area contributed by atoms with Gasteiger partial charge in [0.15, 0.2) is 0 Å². The van der Waals surface area contributed by atoms with Crippen molar-refractivity contribution in [2.45, 2.75) is 26.7 Å². The van der Waals surface area contributed by atoms with Gasteiger partial charge >= 0.3 is 5.97 Å². The lowest BCUT2D eigenvalue weighted by molar-refractivity contribution is -0.149. The third kappa shape index (κ3) is 6.17. The van der Waals surface area contributed by atoms with Crippen LogP contribution in [0.25, 0.3) is 0 Å². The highest BCUT2D eigenvalue weighted by atomic mass is 16.5. The summed E-state index contributed by atoms with van der Waals surface area (Å²) < 4.78 is 5.09. The Hall–Kier alpha value is -3.19. The fraction of sp³-hybridized carbons (Fsp3) is 0.400. The van der Waals surface area contributed by atoms with Crippen molar-refractivity contribution in [2.24, 2.45) is 5.92 Å². The number of rotatable bonds is 8. The van der Waals surface area contributed by atoms with E-state index in [1.165, 1.54) is 0 Å². The number of hydrogen-bond donors (Lipinski definition) is 1. The first-order valence-corrected chi connectivity index (χ1v) is 11.2. The Kier molecular flexibility index (Phi) is 8.39. The molecule has 7 nitrogen and oxygen atoms in total. The van der Waals surface area contributed by atoms with Gasteiger partial charge in [0.05, 0.1) is 19.1 Å². The monoisotopic (exact) mass is 437 g/mol. The SMILES string of the molecule is CCOC(=O)C1CCN(CC(=O)Nc2ccc(C(=O)N(CC)c3ccccc3)cc2)CC1. The lowest BCUT2D eigenvalue weighted by Gasteiger charge is -2.30. The highest BCUT2D eigenvalue weighted by Gasteiger charge is 2.26. The van der Waals surface area contributed by atoms with Crippen LogP contribution in [-0.4, -0.2) is 55.5 Å². The molecule has 0 aliphatic carbocycles. The Morgan fingerprint density at radius 3 is 2.25 bits per heavy atom. The van der Waals surface area contributed by atoms with E-state index in [1.54, 1.807) is 29.2 Å². The summed E-state index contributed by atoms with van der Waals surface area (Å²) in [6, 6.07) is 16.5. The molecule has 0 saturated carbocycles. The number of para-hydroxylation sites is 1. The van der Waals surface area contributed by atoms with Crippen molar-refractivity contribution in [3.63, 3.8) is 0 Å². The molecule has 1 saturated heterocycles. The number of likely N-dealkylation sites (tertiary alicyclic amines) is 1. The molecule has 32 heavy (non-hydrogen) atoms. The van der Waals surface area contributed by atoms with Gasteiger partial charge in [0, 0.05) is 23.5 Å². The number of anilines is 2. The van der Waals surface area contributed by atoms with E-state index in [1.807, 2.05) is 49.1 Å². The van der Waals surface area contributed by atoms with Crippen LogP contribution in [0.15, 0.2) is 54.6 Å². The first kappa shape index (κ1) is 23.5. The van der Waals surface area contributed by atoms with Crippen molar-refractivity contribution in [3.8, 4) is 0 Å². The van der Waals surface area contributed by atoms with Crippen LogP contribution in [-0.2, 0) is 14.3 Å². The topological polar surface area (TPSA) is 79.0 Å². The maximum absolute atomic E-state index is 12.9. The molecule has 1 aliphatic heterocycles. The Balaban J connectivity index is 1.51. The third-order valence-corrected chi connectivity index (χ3v) is 5.62. The highest BCUT2D eigenvalue weighted by Crippen LogP contribution is 2.20. The minimum absolute atomic E-state index is 0.0714. The largest absolute Gasteiger partial charge is 0.466 e. The average molecular weight is 438 g/mol. The second-order valence-electron chi connectivity index (χ2n) is 7.81. The van der Waals surface area contributed by atoms with Crippen LogP contribution in [0.5, 0.6) is 0 Å². The van der Waals surface area contributed by atoms with Gasteiger partial charge in [-0.1, -0.05) is 18.2 Å². The average Bonchev–Trinajstić information content (AvgIpc) is 2.81. The van der Waals surface area contributed by atoms with E-state index in [0.717, 1.165) is 5.69 Å². The van der Waals surface area contributed by atoms with Crippen molar-refractivity contribution >= 4 is 29.2 Å². The summed E-state index contributed by atoms with van der Waals surface area (Å²) in [7, 11) is 0. The van der Waals surface area contributed by atoms with Crippen molar-refractivity contribution < 1.29 is 19.1 Å². The summed E-state index contributed by atoms with van der Waals surface area (Å²) in [5.74, 6) is -0.405. The molecule has 0 spiro atoms. The number of nitrogens with zero attached hydrogens (tertiary/aromatic N) is 2. The molecule has 0 atom stereocenters. The van der Waals surface area contributed by atoms with Crippen LogP contribution in [0.1, 0.15) is 37.0 Å². The van der Waals surface area contributed by atoms with Gasteiger partial charge in [0.25, 0.3) is 5.91 Å². The molecule has 0 aromatic heterocycles. The van der Waals surface area contributed by atoms with Crippen LogP contribution in [0.4, 0.5) is 11.4 Å². The molecular formula is C25H31N3O4. The maximum atomic E-state index is 12.9. The molecule has 0 unspecified atom stereocenters. The molecule has 1 aliphatic rings. The maximum Gasteiger partial charge on any atom is 0.309 e. The van der Waals surface area contributed by atoms with Crippen molar-refractivity contribution in [1.82, 2.24) is 4.90 Å². The van der Waals surface area contributed by atoms with E-state index < -0.39 is 0 Å². The van der Waals surface area contributed by atoms with Gasteiger partial charge in [0.1, 0.15) is 0 Å². The van der Waals surface area contributed by atoms with Crippen LogP contribution >= 0.6 is 0 Å². The van der Waals surface area contributed by atoms with Crippen molar-refractivity contribution in [1.29, 1.82) is 0 Å². The van der Waals surface area contributed by atoms with Gasteiger partial charge < -0.3 is 15.0 Å². The van der Waals surface area contributed by atoms with Gasteiger partial charge in [-0.05, 0) is 76.2 Å². The molecule has 3 rings (SSSR count). The standard InChI is InChI=1S/C25H31N3O4/c1-3-28(22-8-6-5-7-9-22)24(30)19-10-12-21(13-11-19)26-23(29)18-27-16-14-20(15-17-27)25(31)32-4-2/h5-13,20H,3-4,14-18H2,1-2H3,(H,26,29). The van der Waals surface area contributed by atoms with E-state index in [9.17, 15) is 14.4 Å². The molecule has 170 valence electrons. The fourth-order valence-corrected chi connectivity index (χ4v) is 3.89. The Morgan fingerprint density at radius 2 is 1.66 bits per heavy atom. The molecule has 2 amide bonds. The highest BCUT2D eigenvalue weighted by molar-refractivity contribution is 6.06. The predicted molar refractivity (Wildman–Crippen MR) is 125 cm³/mol. The van der Waals surface area contributed by atoms with Gasteiger partial charge in [-0.3, -0.25) is 19.3 Å². The number of ether oxygens (including phenoxy) is 1. The second-order valence-corrected chi connectivity index (χ2v) is 7.81. The van der Waals surface area contributed by atoms with Gasteiger partial charge in [-0.15, -0.1) is 0 Å². The number of amides is 2. The van der Waals surface area contributed by atoms with Crippen LogP contribution in [0, 0.1) is 5.92 Å². The number of piperidine rings is 1. The zero-order valence-electron chi connectivity index (χ0n) is 18.8. The summed E-state index contributed by atoms with van der Waals surface area (Å²) in [6.07, 6.45) is 1.41. The molecule has 7 heteroatoms. The molecule has 0 bridgehead atoms. The third-order valence-electron chi connectivity index (χ3n) is 5.62. The first-order chi connectivity index (χ1) is 15.5. The van der Waals surface area contributed by atoms with E-state index in [0.29, 0.717) is 50.3 Å². The fourth-order valence-electron chi connectivity index (χ4n) is 3.89. The number of carbonyl (C=O) groups excluding carboxylic acids is 3. The number of carbonyl (C=O) groups is 3. The smallest absolute Gasteiger partial charge is 0.309 e. The molecule has 2 aromatic carbocycles. The van der Waals surface area contributed by atoms with E-state index >= 15 is 0 Å². The van der Waals surface area contributed by atoms with E-state index in [2.05, 4.69) is 5.32 Å². The molecule has 2 aromatic rings. The number of benzene rings is 2. The van der Waals surface area contributed by atoms with E-state index in [4.69, 9.17) is 4.74 Å². The Labute approximate surface area is 189 Å². The van der Waals surface area contributed by atoms with E-state index in [-0.39, 0.29) is 30.2 Å². The van der Waals surface area contributed by atoms with Gasteiger partial charge in [-0.25, -0.2) is 0 Å². The molecular weight excluding hydrogens is 406 g/mol. The van der Waals surface area contributed by atoms with Crippen LogP contribution in [0.2, 0.25) is 0 Å². The summed E-state index contributed by atoms with van der Waals surface area (Å²) >= 11 is 0. The summed E-state index contributed by atoms with van der Waals surface area (Å²) in [6.45, 7) is 6.36. The Morgan fingerprint density at radius 1 is 1.00 bits per heavy atom. The molecule has 1 heterocycles. The quantitative estimate of drug-likeness (QED) is 0.639. The lowest BCUT2D eigenvalue weighted by Crippen LogP contribution is -2.41. The minimum Gasteiger partial charge on any atom is -0.466 e. The zero-order valence-corrected chi connectivity index (χ0v) is 18.8. The van der Waals surface area contributed by atoms with Crippen LogP contribution in [0.3, 0.4) is 0 Å². The summed E-state index contributed by atoms with van der Waals surface area (Å²) in [4.78, 5) is 40.9. The molecule has 0 radical (unpaired) electrons. The summed E-state index contributed by atoms with van der Waals surface area (Å²) in [5.41, 5.74) is 2.06.